The van der Waals surface area contributed by atoms with Gasteiger partial charge in [0.15, 0.2) is 16.3 Å². The highest BCUT2D eigenvalue weighted by Crippen LogP contribution is 2.13. The van der Waals surface area contributed by atoms with Crippen molar-refractivity contribution >= 4 is 21.8 Å². The first kappa shape index (κ1) is 16.2. The molecule has 0 aromatic carbocycles. The molecule has 0 spiro atoms. The van der Waals surface area contributed by atoms with Crippen LogP contribution in [-0.4, -0.2) is 31.8 Å². The van der Waals surface area contributed by atoms with Crippen LogP contribution in [-0.2, 0) is 13.6 Å². The molecule has 0 aliphatic heterocycles. The minimum absolute atomic E-state index is 0.199. The summed E-state index contributed by atoms with van der Waals surface area (Å²) < 4.78 is 8.36. The maximum Gasteiger partial charge on any atom is 0.346 e. The molecule has 3 aromatic heterocycles. The molecule has 3 rings (SSSR count). The Kier molecular flexibility index (Phi) is 4.61. The average molecular weight is 392 g/mol. The van der Waals surface area contributed by atoms with E-state index >= 15 is 0 Å². The van der Waals surface area contributed by atoms with Crippen LogP contribution in [0.25, 0.3) is 11.5 Å². The molecule has 0 radical (unpaired) electrons. The first-order valence-corrected chi connectivity index (χ1v) is 7.94. The monoisotopic (exact) mass is 391 g/mol. The Bertz CT molecular complexity index is 913. The Morgan fingerprint density at radius 1 is 1.33 bits per heavy atom. The minimum Gasteiger partial charge on any atom is -0.444 e. The van der Waals surface area contributed by atoms with Gasteiger partial charge in [0.2, 0.25) is 0 Å². The zero-order valence-corrected chi connectivity index (χ0v) is 14.4. The molecular weight excluding hydrogens is 378 g/mol. The molecule has 1 amide bonds. The van der Waals surface area contributed by atoms with E-state index < -0.39 is 0 Å². The summed E-state index contributed by atoms with van der Waals surface area (Å²) in [6.45, 7) is 0.489. The number of furan rings is 1. The van der Waals surface area contributed by atoms with E-state index in [1.807, 2.05) is 6.07 Å². The summed E-state index contributed by atoms with van der Waals surface area (Å²) in [5.74, 6) is 0.320. The second-order valence-corrected chi connectivity index (χ2v) is 5.74. The number of halogens is 1. The van der Waals surface area contributed by atoms with Crippen LogP contribution in [0.15, 0.2) is 50.4 Å². The molecular formula is C15H14BrN5O3. The number of nitrogens with one attached hydrogen (secondary N) is 1. The van der Waals surface area contributed by atoms with Gasteiger partial charge in [-0.05, 0) is 40.2 Å². The maximum absolute atomic E-state index is 12.2. The molecule has 0 unspecified atom stereocenters. The van der Waals surface area contributed by atoms with Gasteiger partial charge in [0.1, 0.15) is 5.69 Å². The lowest BCUT2D eigenvalue weighted by atomic mass is 10.3. The molecule has 24 heavy (non-hydrogen) atoms. The molecule has 3 aromatic rings. The minimum atomic E-state index is -0.352. The second kappa shape index (κ2) is 6.83. The van der Waals surface area contributed by atoms with Gasteiger partial charge in [0, 0.05) is 19.8 Å². The third-order valence-electron chi connectivity index (χ3n) is 3.34. The molecule has 3 heterocycles. The summed E-state index contributed by atoms with van der Waals surface area (Å²) in [6.07, 6.45) is 1.64. The molecule has 0 saturated carbocycles. The van der Waals surface area contributed by atoms with Crippen LogP contribution in [0, 0.1) is 0 Å². The number of carbonyl (C=O) groups is 1. The number of rotatable bonds is 5. The summed E-state index contributed by atoms with van der Waals surface area (Å²) in [7, 11) is 1.63. The van der Waals surface area contributed by atoms with Crippen LogP contribution in [0.4, 0.5) is 0 Å². The van der Waals surface area contributed by atoms with Crippen molar-refractivity contribution in [2.24, 2.45) is 7.05 Å². The Morgan fingerprint density at radius 2 is 2.17 bits per heavy atom. The second-order valence-electron chi connectivity index (χ2n) is 4.96. The molecule has 0 aliphatic carbocycles. The first-order chi connectivity index (χ1) is 11.6. The van der Waals surface area contributed by atoms with Gasteiger partial charge in [-0.3, -0.25) is 14.3 Å². The summed E-state index contributed by atoms with van der Waals surface area (Å²) in [6, 6.07) is 8.60. The quantitative estimate of drug-likeness (QED) is 0.709. The van der Waals surface area contributed by atoms with E-state index in [2.05, 4.69) is 31.3 Å². The van der Waals surface area contributed by atoms with Gasteiger partial charge in [-0.25, -0.2) is 9.48 Å². The van der Waals surface area contributed by atoms with Crippen LogP contribution in [0.5, 0.6) is 0 Å². The standard InChI is InChI=1S/C15H14BrN5O3/c1-20-13(10-4-2-3-7-17-10)19-21(15(20)23)9-8-18-14(22)11-5-6-12(16)24-11/h2-7H,8-9H2,1H3,(H,18,22). The summed E-state index contributed by atoms with van der Waals surface area (Å²) in [4.78, 5) is 28.3. The van der Waals surface area contributed by atoms with Crippen molar-refractivity contribution in [1.29, 1.82) is 0 Å². The van der Waals surface area contributed by atoms with E-state index in [-0.39, 0.29) is 30.4 Å². The molecule has 8 nitrogen and oxygen atoms in total. The van der Waals surface area contributed by atoms with Crippen LogP contribution < -0.4 is 11.0 Å². The van der Waals surface area contributed by atoms with E-state index in [4.69, 9.17) is 4.42 Å². The predicted molar refractivity (Wildman–Crippen MR) is 89.4 cm³/mol. The number of hydrogen-bond acceptors (Lipinski definition) is 5. The molecule has 9 heteroatoms. The Labute approximate surface area is 145 Å². The third-order valence-corrected chi connectivity index (χ3v) is 3.77. The summed E-state index contributed by atoms with van der Waals surface area (Å²) >= 11 is 3.14. The summed E-state index contributed by atoms with van der Waals surface area (Å²) in [5.41, 5.74) is 0.339. The highest BCUT2D eigenvalue weighted by atomic mass is 79.9. The van der Waals surface area contributed by atoms with Crippen molar-refractivity contribution in [2.75, 3.05) is 6.54 Å². The van der Waals surface area contributed by atoms with Crippen molar-refractivity contribution in [3.05, 3.63) is 57.4 Å². The topological polar surface area (TPSA) is 95.0 Å². The number of pyridine rings is 1. The Balaban J connectivity index is 1.68. The number of amides is 1. The van der Waals surface area contributed by atoms with E-state index in [0.29, 0.717) is 16.2 Å². The van der Waals surface area contributed by atoms with Gasteiger partial charge in [-0.1, -0.05) is 6.07 Å². The van der Waals surface area contributed by atoms with Gasteiger partial charge in [-0.2, -0.15) is 0 Å². The summed E-state index contributed by atoms with van der Waals surface area (Å²) in [5, 5.41) is 6.95. The lowest BCUT2D eigenvalue weighted by Crippen LogP contribution is -2.31. The fourth-order valence-electron chi connectivity index (χ4n) is 2.15. The molecule has 0 fully saturated rings. The average Bonchev–Trinajstić information content (AvgIpc) is 3.14. The van der Waals surface area contributed by atoms with Gasteiger partial charge in [0.25, 0.3) is 5.91 Å². The molecule has 124 valence electrons. The molecule has 0 aliphatic rings. The largest absolute Gasteiger partial charge is 0.444 e. The number of hydrogen-bond donors (Lipinski definition) is 1. The fourth-order valence-corrected chi connectivity index (χ4v) is 2.46. The van der Waals surface area contributed by atoms with Crippen LogP contribution in [0.1, 0.15) is 10.6 Å². The lowest BCUT2D eigenvalue weighted by Gasteiger charge is -2.02. The van der Waals surface area contributed by atoms with E-state index in [1.165, 1.54) is 9.25 Å². The zero-order chi connectivity index (χ0) is 17.1. The Morgan fingerprint density at radius 3 is 2.83 bits per heavy atom. The highest BCUT2D eigenvalue weighted by Gasteiger charge is 2.14. The molecule has 1 N–H and O–H groups in total. The zero-order valence-electron chi connectivity index (χ0n) is 12.8. The molecule has 0 bridgehead atoms. The van der Waals surface area contributed by atoms with Gasteiger partial charge in [0.05, 0.1) is 6.54 Å². The van der Waals surface area contributed by atoms with Crippen LogP contribution in [0.2, 0.25) is 0 Å². The Hall–Kier alpha value is -2.68. The highest BCUT2D eigenvalue weighted by molar-refractivity contribution is 9.10. The molecule has 0 saturated heterocycles. The van der Waals surface area contributed by atoms with Crippen molar-refractivity contribution in [3.8, 4) is 11.5 Å². The SMILES string of the molecule is Cn1c(-c2ccccn2)nn(CCNC(=O)c2ccc(Br)o2)c1=O. The number of carbonyl (C=O) groups excluding carboxylic acids is 1. The van der Waals surface area contributed by atoms with Crippen molar-refractivity contribution in [1.82, 2.24) is 24.6 Å². The van der Waals surface area contributed by atoms with E-state index in [1.54, 1.807) is 37.5 Å². The van der Waals surface area contributed by atoms with Gasteiger partial charge >= 0.3 is 5.69 Å². The maximum atomic E-state index is 12.2. The van der Waals surface area contributed by atoms with Crippen LogP contribution >= 0.6 is 15.9 Å². The normalized spacial score (nSPS) is 10.8. The van der Waals surface area contributed by atoms with E-state index in [0.717, 1.165) is 0 Å². The molecule has 0 atom stereocenters. The predicted octanol–water partition coefficient (Wildman–Crippen LogP) is 1.43. The van der Waals surface area contributed by atoms with Gasteiger partial charge < -0.3 is 9.73 Å². The fraction of sp³-hybridized carbons (Fsp3) is 0.200. The van der Waals surface area contributed by atoms with E-state index in [9.17, 15) is 9.59 Å². The van der Waals surface area contributed by atoms with Crippen LogP contribution in [0.3, 0.4) is 0 Å². The smallest absolute Gasteiger partial charge is 0.346 e. The van der Waals surface area contributed by atoms with Gasteiger partial charge in [-0.15, -0.1) is 5.10 Å². The number of aromatic nitrogens is 4. The third kappa shape index (κ3) is 3.30. The first-order valence-electron chi connectivity index (χ1n) is 7.15. The van der Waals surface area contributed by atoms with Crippen molar-refractivity contribution in [2.45, 2.75) is 6.54 Å². The lowest BCUT2D eigenvalue weighted by molar-refractivity contribution is 0.0923. The van der Waals surface area contributed by atoms with Crippen molar-refractivity contribution in [3.63, 3.8) is 0 Å². The number of nitrogens with zero attached hydrogens (tertiary/aromatic N) is 4. The van der Waals surface area contributed by atoms with Crippen molar-refractivity contribution < 1.29 is 9.21 Å².